The van der Waals surface area contributed by atoms with Gasteiger partial charge in [0.05, 0.1) is 5.69 Å². The molecule has 2 heteroatoms. The summed E-state index contributed by atoms with van der Waals surface area (Å²) in [7, 11) is 0. The molecule has 2 nitrogen and oxygen atoms in total. The molecule has 33 heavy (non-hydrogen) atoms. The van der Waals surface area contributed by atoms with Crippen LogP contribution in [0.1, 0.15) is 60.4 Å². The molecule has 0 bridgehead atoms. The van der Waals surface area contributed by atoms with E-state index < -0.39 is 0 Å². The third-order valence-corrected chi connectivity index (χ3v) is 6.74. The average Bonchev–Trinajstić information content (AvgIpc) is 3.28. The molecule has 0 N–H and O–H groups in total. The van der Waals surface area contributed by atoms with Crippen LogP contribution in [0.5, 0.6) is 0 Å². The minimum Gasteiger partial charge on any atom is -0.299 e. The monoisotopic (exact) mass is 436 g/mol. The largest absolute Gasteiger partial charge is 0.299 e. The Balaban J connectivity index is 1.62. The van der Waals surface area contributed by atoms with E-state index in [1.165, 1.54) is 76.7 Å². The number of hydrogen-bond donors (Lipinski definition) is 0. The summed E-state index contributed by atoms with van der Waals surface area (Å²) < 4.78 is 2.23. The van der Waals surface area contributed by atoms with Crippen LogP contribution >= 0.6 is 0 Å². The highest BCUT2D eigenvalue weighted by molar-refractivity contribution is 5.70. The lowest BCUT2D eigenvalue weighted by Crippen LogP contribution is -2.02. The topological polar surface area (TPSA) is 17.8 Å². The highest BCUT2D eigenvalue weighted by atomic mass is 15.1. The Labute approximate surface area is 199 Å². The molecule has 0 fully saturated rings. The van der Waals surface area contributed by atoms with Crippen LogP contribution in [-0.4, -0.2) is 9.55 Å². The lowest BCUT2D eigenvalue weighted by molar-refractivity contribution is 0.667. The quantitative estimate of drug-likeness (QED) is 0.253. The van der Waals surface area contributed by atoms with Crippen LogP contribution in [0.3, 0.4) is 0 Å². The Hall–Kier alpha value is -3.13. The molecule has 170 valence electrons. The van der Waals surface area contributed by atoms with Crippen molar-refractivity contribution in [2.24, 2.45) is 0 Å². The molecule has 0 amide bonds. The molecule has 1 aromatic heterocycles. The smallest absolute Gasteiger partial charge is 0.144 e. The molecule has 0 spiro atoms. The van der Waals surface area contributed by atoms with Gasteiger partial charge in [0.15, 0.2) is 0 Å². The van der Waals surface area contributed by atoms with Gasteiger partial charge in [-0.1, -0.05) is 62.6 Å². The fraction of sp³-hybridized carbons (Fsp3) is 0.323. The first-order valence-corrected chi connectivity index (χ1v) is 12.3. The third-order valence-electron chi connectivity index (χ3n) is 6.74. The molecule has 0 saturated carbocycles. The number of imidazole rings is 1. The van der Waals surface area contributed by atoms with Crippen LogP contribution in [0.4, 0.5) is 0 Å². The lowest BCUT2D eigenvalue weighted by Gasteiger charge is -2.17. The zero-order valence-corrected chi connectivity index (χ0v) is 20.8. The Morgan fingerprint density at radius 1 is 0.667 bits per heavy atom. The van der Waals surface area contributed by atoms with Gasteiger partial charge in [0, 0.05) is 18.0 Å². The summed E-state index contributed by atoms with van der Waals surface area (Å²) in [6.45, 7) is 11.0. The predicted octanol–water partition coefficient (Wildman–Crippen LogP) is 8.56. The summed E-state index contributed by atoms with van der Waals surface area (Å²) in [4.78, 5) is 4.71. The molecule has 4 aromatic rings. The number of aromatic nitrogens is 2. The van der Waals surface area contributed by atoms with Gasteiger partial charge >= 0.3 is 0 Å². The van der Waals surface area contributed by atoms with Crippen LogP contribution < -0.4 is 0 Å². The lowest BCUT2D eigenvalue weighted by atomic mass is 9.97. The summed E-state index contributed by atoms with van der Waals surface area (Å²) in [5, 5.41) is 0. The first-order chi connectivity index (χ1) is 16.0. The van der Waals surface area contributed by atoms with Gasteiger partial charge in [0.1, 0.15) is 5.82 Å². The van der Waals surface area contributed by atoms with Crippen molar-refractivity contribution in [3.8, 4) is 28.2 Å². The molecule has 0 unspecified atom stereocenters. The van der Waals surface area contributed by atoms with E-state index in [-0.39, 0.29) is 0 Å². The second kappa shape index (κ2) is 10.2. The Morgan fingerprint density at radius 3 is 2.00 bits per heavy atom. The molecular formula is C31H36N2. The van der Waals surface area contributed by atoms with E-state index in [1.807, 2.05) is 6.20 Å². The minimum atomic E-state index is 0.990. The van der Waals surface area contributed by atoms with Gasteiger partial charge in [-0.05, 0) is 97.7 Å². The second-order valence-electron chi connectivity index (χ2n) is 9.39. The maximum atomic E-state index is 4.71. The van der Waals surface area contributed by atoms with E-state index >= 15 is 0 Å². The van der Waals surface area contributed by atoms with E-state index in [0.717, 1.165) is 11.4 Å². The number of benzene rings is 3. The molecule has 1 heterocycles. The second-order valence-corrected chi connectivity index (χ2v) is 9.39. The van der Waals surface area contributed by atoms with Crippen molar-refractivity contribution in [1.29, 1.82) is 0 Å². The highest BCUT2D eigenvalue weighted by Crippen LogP contribution is 2.31. The summed E-state index contributed by atoms with van der Waals surface area (Å²) in [5.41, 5.74) is 11.5. The zero-order valence-electron chi connectivity index (χ0n) is 20.8. The van der Waals surface area contributed by atoms with Gasteiger partial charge < -0.3 is 0 Å². The zero-order chi connectivity index (χ0) is 23.4. The number of aryl methyl sites for hydroxylation is 5. The van der Waals surface area contributed by atoms with E-state index in [2.05, 4.69) is 100.0 Å². The van der Waals surface area contributed by atoms with Crippen LogP contribution in [0.25, 0.3) is 28.2 Å². The minimum absolute atomic E-state index is 0.990. The first-order valence-electron chi connectivity index (χ1n) is 12.3. The fourth-order valence-electron chi connectivity index (χ4n) is 4.70. The number of hydrogen-bond acceptors (Lipinski definition) is 1. The predicted molar refractivity (Wildman–Crippen MR) is 141 cm³/mol. The van der Waals surface area contributed by atoms with Crippen LogP contribution in [0, 0.1) is 27.7 Å². The Bertz CT molecular complexity index is 1210. The number of nitrogens with zero attached hydrogens (tertiary/aromatic N) is 2. The van der Waals surface area contributed by atoms with E-state index in [9.17, 15) is 0 Å². The molecule has 0 aliphatic rings. The SMILES string of the molecule is CCCCCCc1ccc(-c2cc(C)c(-n3ccnc3-c3ccc(C)c(C)c3)c(C)c2)cc1. The molecule has 4 rings (SSSR count). The Kier molecular flexibility index (Phi) is 7.13. The fourth-order valence-corrected chi connectivity index (χ4v) is 4.70. The standard InChI is InChI=1S/C31H36N2/c1-6-7-8-9-10-26-12-15-27(16-13-26)29-20-24(4)30(25(5)21-29)33-18-17-32-31(33)28-14-11-22(2)23(3)19-28/h11-21H,6-10H2,1-5H3. The van der Waals surface area contributed by atoms with Crippen molar-refractivity contribution in [2.45, 2.75) is 66.7 Å². The maximum Gasteiger partial charge on any atom is 0.144 e. The molecule has 0 radical (unpaired) electrons. The highest BCUT2D eigenvalue weighted by Gasteiger charge is 2.14. The van der Waals surface area contributed by atoms with Gasteiger partial charge in [0.2, 0.25) is 0 Å². The molecule has 0 atom stereocenters. The maximum absolute atomic E-state index is 4.71. The van der Waals surface area contributed by atoms with Crippen LogP contribution in [0.2, 0.25) is 0 Å². The summed E-state index contributed by atoms with van der Waals surface area (Å²) in [5.74, 6) is 0.990. The molecule has 0 aliphatic carbocycles. The van der Waals surface area contributed by atoms with E-state index in [4.69, 9.17) is 4.98 Å². The average molecular weight is 437 g/mol. The van der Waals surface area contributed by atoms with Crippen molar-refractivity contribution in [3.63, 3.8) is 0 Å². The molecule has 3 aromatic carbocycles. The summed E-state index contributed by atoms with van der Waals surface area (Å²) in [6, 6.07) is 20.4. The van der Waals surface area contributed by atoms with Crippen LogP contribution in [-0.2, 0) is 6.42 Å². The number of rotatable bonds is 8. The molecular weight excluding hydrogens is 400 g/mol. The number of unbranched alkanes of at least 4 members (excludes halogenated alkanes) is 3. The Morgan fingerprint density at radius 2 is 1.33 bits per heavy atom. The van der Waals surface area contributed by atoms with Crippen LogP contribution in [0.15, 0.2) is 67.0 Å². The summed E-state index contributed by atoms with van der Waals surface area (Å²) >= 11 is 0. The normalized spacial score (nSPS) is 11.2. The van der Waals surface area contributed by atoms with Gasteiger partial charge in [0.25, 0.3) is 0 Å². The van der Waals surface area contributed by atoms with Crippen molar-refractivity contribution >= 4 is 0 Å². The van der Waals surface area contributed by atoms with Crippen molar-refractivity contribution in [1.82, 2.24) is 9.55 Å². The third kappa shape index (κ3) is 5.11. The molecule has 0 aliphatic heterocycles. The van der Waals surface area contributed by atoms with Gasteiger partial charge in [-0.3, -0.25) is 4.57 Å². The van der Waals surface area contributed by atoms with E-state index in [1.54, 1.807) is 0 Å². The van der Waals surface area contributed by atoms with E-state index in [0.29, 0.717) is 0 Å². The molecule has 0 saturated heterocycles. The van der Waals surface area contributed by atoms with Crippen molar-refractivity contribution in [2.75, 3.05) is 0 Å². The first kappa shape index (κ1) is 23.0. The van der Waals surface area contributed by atoms with Crippen molar-refractivity contribution < 1.29 is 0 Å². The van der Waals surface area contributed by atoms with Gasteiger partial charge in [-0.15, -0.1) is 0 Å². The van der Waals surface area contributed by atoms with Crippen molar-refractivity contribution in [3.05, 3.63) is 94.8 Å². The van der Waals surface area contributed by atoms with Gasteiger partial charge in [-0.25, -0.2) is 4.98 Å². The van der Waals surface area contributed by atoms with Gasteiger partial charge in [-0.2, -0.15) is 0 Å². The summed E-state index contributed by atoms with van der Waals surface area (Å²) in [6.07, 6.45) is 10.4.